The highest BCUT2D eigenvalue weighted by atomic mass is 14.7. The van der Waals surface area contributed by atoms with Gasteiger partial charge >= 0.3 is 0 Å². The van der Waals surface area contributed by atoms with Crippen LogP contribution in [-0.2, 0) is 0 Å². The molecule has 0 atom stereocenters. The summed E-state index contributed by atoms with van der Waals surface area (Å²) in [6, 6.07) is 20.2. The molecule has 2 N–H and O–H groups in total. The monoisotopic (exact) mass is 246 g/mol. The zero-order valence-corrected chi connectivity index (χ0v) is 10.5. The summed E-state index contributed by atoms with van der Waals surface area (Å²) in [5, 5.41) is 0. The van der Waals surface area contributed by atoms with Crippen molar-refractivity contribution in [1.29, 1.82) is 0 Å². The fourth-order valence-electron chi connectivity index (χ4n) is 2.17. The van der Waals surface area contributed by atoms with Crippen LogP contribution in [0.3, 0.4) is 0 Å². The van der Waals surface area contributed by atoms with E-state index in [0.29, 0.717) is 0 Å². The molecule has 92 valence electrons. The van der Waals surface area contributed by atoms with Gasteiger partial charge in [0, 0.05) is 23.5 Å². The number of benzene rings is 2. The van der Waals surface area contributed by atoms with Crippen molar-refractivity contribution < 1.29 is 0 Å². The van der Waals surface area contributed by atoms with E-state index in [9.17, 15) is 0 Å². The Morgan fingerprint density at radius 2 is 1.05 bits per heavy atom. The molecule has 1 aromatic heterocycles. The fourth-order valence-corrected chi connectivity index (χ4v) is 2.17. The van der Waals surface area contributed by atoms with Gasteiger partial charge in [-0.2, -0.15) is 0 Å². The van der Waals surface area contributed by atoms with Crippen LogP contribution >= 0.6 is 0 Å². The number of rotatable bonds is 2. The number of nitrogen functional groups attached to an aromatic ring is 1. The van der Waals surface area contributed by atoms with Gasteiger partial charge in [0.2, 0.25) is 0 Å². The van der Waals surface area contributed by atoms with Crippen LogP contribution in [0.4, 0.5) is 5.69 Å². The lowest BCUT2D eigenvalue weighted by atomic mass is 9.99. The molecule has 1 heterocycles. The zero-order valence-electron chi connectivity index (χ0n) is 10.5. The maximum Gasteiger partial charge on any atom is 0.0504 e. The third kappa shape index (κ3) is 2.20. The highest BCUT2D eigenvalue weighted by Gasteiger charge is 2.08. The molecule has 0 saturated heterocycles. The van der Waals surface area contributed by atoms with E-state index in [1.807, 2.05) is 73.1 Å². The van der Waals surface area contributed by atoms with E-state index in [2.05, 4.69) is 4.98 Å². The van der Waals surface area contributed by atoms with Crippen LogP contribution in [0.1, 0.15) is 0 Å². The highest BCUT2D eigenvalue weighted by molar-refractivity contribution is 5.87. The van der Waals surface area contributed by atoms with E-state index in [1.165, 1.54) is 0 Å². The lowest BCUT2D eigenvalue weighted by molar-refractivity contribution is 1.33. The molecule has 0 spiro atoms. The maximum absolute atomic E-state index is 6.31. The van der Waals surface area contributed by atoms with E-state index >= 15 is 0 Å². The van der Waals surface area contributed by atoms with Gasteiger partial charge in [0.1, 0.15) is 0 Å². The minimum absolute atomic E-state index is 0.771. The summed E-state index contributed by atoms with van der Waals surface area (Å²) in [6.07, 6.45) is 3.63. The molecule has 0 fully saturated rings. The molecule has 2 heteroatoms. The Morgan fingerprint density at radius 3 is 1.47 bits per heavy atom. The Bertz CT molecular complexity index is 618. The number of nitrogens with two attached hydrogens (primary N) is 1. The number of hydrogen-bond acceptors (Lipinski definition) is 2. The Balaban J connectivity index is 2.15. The zero-order chi connectivity index (χ0) is 13.1. The van der Waals surface area contributed by atoms with Crippen molar-refractivity contribution in [2.45, 2.75) is 0 Å². The van der Waals surface area contributed by atoms with E-state index in [-0.39, 0.29) is 0 Å². The third-order valence-electron chi connectivity index (χ3n) is 3.16. The molecule has 0 aliphatic heterocycles. The molecule has 2 aromatic carbocycles. The van der Waals surface area contributed by atoms with Gasteiger partial charge in [-0.1, -0.05) is 60.7 Å². The first-order valence-electron chi connectivity index (χ1n) is 6.20. The number of hydrogen-bond donors (Lipinski definition) is 1. The summed E-state index contributed by atoms with van der Waals surface area (Å²) in [6.45, 7) is 0. The van der Waals surface area contributed by atoms with Gasteiger partial charge in [-0.15, -0.1) is 0 Å². The molecule has 0 bridgehead atoms. The second kappa shape index (κ2) is 4.94. The predicted molar refractivity (Wildman–Crippen MR) is 79.5 cm³/mol. The van der Waals surface area contributed by atoms with Crippen molar-refractivity contribution in [1.82, 2.24) is 4.98 Å². The molecule has 2 nitrogen and oxygen atoms in total. The van der Waals surface area contributed by atoms with Gasteiger partial charge in [0.05, 0.1) is 5.69 Å². The first-order valence-corrected chi connectivity index (χ1v) is 6.20. The van der Waals surface area contributed by atoms with Crippen molar-refractivity contribution in [3.05, 3.63) is 73.1 Å². The molecule has 0 aliphatic rings. The number of aromatic nitrogens is 1. The molecule has 0 aliphatic carbocycles. The standard InChI is InChI=1S/C17H14N2/c18-17-15(13-7-3-1-4-8-13)11-19-12-16(17)14-9-5-2-6-10-14/h1-12H,(H2,18,19). The Kier molecular flexibility index (Phi) is 2.99. The molecule has 3 aromatic rings. The fraction of sp³-hybridized carbons (Fsp3) is 0. The molecule has 19 heavy (non-hydrogen) atoms. The molecule has 3 rings (SSSR count). The third-order valence-corrected chi connectivity index (χ3v) is 3.16. The van der Waals surface area contributed by atoms with E-state index in [4.69, 9.17) is 5.73 Å². The van der Waals surface area contributed by atoms with Crippen LogP contribution < -0.4 is 5.73 Å². The summed E-state index contributed by atoms with van der Waals surface area (Å²) in [5.74, 6) is 0. The van der Waals surface area contributed by atoms with Crippen LogP contribution in [0, 0.1) is 0 Å². The summed E-state index contributed by atoms with van der Waals surface area (Å²) >= 11 is 0. The first-order chi connectivity index (χ1) is 9.36. The van der Waals surface area contributed by atoms with Crippen LogP contribution in [-0.4, -0.2) is 4.98 Å². The van der Waals surface area contributed by atoms with Crippen molar-refractivity contribution in [2.24, 2.45) is 0 Å². The first kappa shape index (κ1) is 11.5. The molecule has 0 amide bonds. The quantitative estimate of drug-likeness (QED) is 0.742. The largest absolute Gasteiger partial charge is 0.398 e. The Morgan fingerprint density at radius 1 is 0.632 bits per heavy atom. The van der Waals surface area contributed by atoms with E-state index in [1.54, 1.807) is 0 Å². The minimum atomic E-state index is 0.771. The van der Waals surface area contributed by atoms with Crippen molar-refractivity contribution in [3.63, 3.8) is 0 Å². The molecule has 0 radical (unpaired) electrons. The predicted octanol–water partition coefficient (Wildman–Crippen LogP) is 4.00. The SMILES string of the molecule is Nc1c(-c2ccccc2)cncc1-c1ccccc1. The second-order valence-corrected chi connectivity index (χ2v) is 4.38. The highest BCUT2D eigenvalue weighted by Crippen LogP contribution is 2.33. The lowest BCUT2D eigenvalue weighted by Crippen LogP contribution is -1.95. The van der Waals surface area contributed by atoms with Crippen LogP contribution in [0.25, 0.3) is 22.3 Å². The van der Waals surface area contributed by atoms with Gasteiger partial charge in [-0.05, 0) is 11.1 Å². The second-order valence-electron chi connectivity index (χ2n) is 4.38. The van der Waals surface area contributed by atoms with Crippen LogP contribution in [0.5, 0.6) is 0 Å². The van der Waals surface area contributed by atoms with Gasteiger partial charge in [0.25, 0.3) is 0 Å². The van der Waals surface area contributed by atoms with Crippen molar-refractivity contribution in [2.75, 3.05) is 5.73 Å². The molecule has 0 unspecified atom stereocenters. The summed E-state index contributed by atoms with van der Waals surface area (Å²) < 4.78 is 0. The normalized spacial score (nSPS) is 10.3. The number of anilines is 1. The van der Waals surface area contributed by atoms with Crippen molar-refractivity contribution in [3.8, 4) is 22.3 Å². The topological polar surface area (TPSA) is 38.9 Å². The lowest BCUT2D eigenvalue weighted by Gasteiger charge is -2.10. The molecular weight excluding hydrogens is 232 g/mol. The smallest absolute Gasteiger partial charge is 0.0504 e. The Hall–Kier alpha value is -2.61. The summed E-state index contributed by atoms with van der Waals surface area (Å²) in [5.41, 5.74) is 11.2. The van der Waals surface area contributed by atoms with Crippen molar-refractivity contribution >= 4 is 5.69 Å². The molecule has 0 saturated carbocycles. The van der Waals surface area contributed by atoms with E-state index < -0.39 is 0 Å². The van der Waals surface area contributed by atoms with E-state index in [0.717, 1.165) is 27.9 Å². The van der Waals surface area contributed by atoms with Gasteiger partial charge in [0.15, 0.2) is 0 Å². The average molecular weight is 246 g/mol. The number of nitrogens with zero attached hydrogens (tertiary/aromatic N) is 1. The Labute approximate surface area is 112 Å². The van der Waals surface area contributed by atoms with Crippen LogP contribution in [0.15, 0.2) is 73.1 Å². The average Bonchev–Trinajstić information content (AvgIpc) is 2.49. The summed E-state index contributed by atoms with van der Waals surface area (Å²) in [4.78, 5) is 4.32. The van der Waals surface area contributed by atoms with Gasteiger partial charge < -0.3 is 5.73 Å². The number of pyridine rings is 1. The molecular formula is C17H14N2. The summed E-state index contributed by atoms with van der Waals surface area (Å²) in [7, 11) is 0. The maximum atomic E-state index is 6.31. The minimum Gasteiger partial charge on any atom is -0.398 e. The van der Waals surface area contributed by atoms with Gasteiger partial charge in [-0.3, -0.25) is 4.98 Å². The van der Waals surface area contributed by atoms with Gasteiger partial charge in [-0.25, -0.2) is 0 Å². The van der Waals surface area contributed by atoms with Crippen LogP contribution in [0.2, 0.25) is 0 Å².